The fourth-order valence-electron chi connectivity index (χ4n) is 2.93. The summed E-state index contributed by atoms with van der Waals surface area (Å²) in [4.78, 5) is 6.82. The lowest BCUT2D eigenvalue weighted by Crippen LogP contribution is -2.44. The van der Waals surface area contributed by atoms with Gasteiger partial charge in [-0.05, 0) is 45.9 Å². The van der Waals surface area contributed by atoms with Gasteiger partial charge in [-0.15, -0.1) is 24.0 Å². The van der Waals surface area contributed by atoms with E-state index < -0.39 is 0 Å². The van der Waals surface area contributed by atoms with Gasteiger partial charge in [0, 0.05) is 26.7 Å². The van der Waals surface area contributed by atoms with E-state index >= 15 is 0 Å². The molecule has 124 valence electrons. The molecular weight excluding hydrogens is 417 g/mol. The maximum atomic E-state index is 4.47. The predicted octanol–water partition coefficient (Wildman–Crippen LogP) is 4.10. The van der Waals surface area contributed by atoms with Crippen LogP contribution in [0.25, 0.3) is 0 Å². The molecule has 23 heavy (non-hydrogen) atoms. The summed E-state index contributed by atoms with van der Waals surface area (Å²) in [5.41, 5.74) is 4.29. The summed E-state index contributed by atoms with van der Waals surface area (Å²) in [5, 5.41) is 7.91. The van der Waals surface area contributed by atoms with E-state index in [-0.39, 0.29) is 24.0 Å². The molecule has 1 aromatic carbocycles. The van der Waals surface area contributed by atoms with Crippen molar-refractivity contribution in [3.8, 4) is 0 Å². The number of hydrogen-bond donors (Lipinski definition) is 1. The van der Waals surface area contributed by atoms with E-state index in [9.17, 15) is 0 Å². The highest BCUT2D eigenvalue weighted by molar-refractivity contribution is 14.0. The number of fused-ring (bicyclic) bond motifs is 1. The number of benzene rings is 1. The average molecular weight is 441 g/mol. The van der Waals surface area contributed by atoms with Crippen molar-refractivity contribution in [2.24, 2.45) is 4.99 Å². The normalized spacial score (nSPS) is 15.6. The van der Waals surface area contributed by atoms with Gasteiger partial charge in [-0.1, -0.05) is 31.2 Å². The lowest BCUT2D eigenvalue weighted by molar-refractivity contribution is 0.377. The monoisotopic (exact) mass is 441 g/mol. The molecule has 1 aliphatic rings. The highest BCUT2D eigenvalue weighted by atomic mass is 127. The first kappa shape index (κ1) is 18.3. The smallest absolute Gasteiger partial charge is 0.193 e. The standard InChI is InChI=1S/C18H23N3S.HI/c1-14(17-8-10-22-13-17)11-20-18(19-2)21-9-7-15-5-3-4-6-16(15)12-21;/h3-6,8,10,13-14H,7,9,11-12H2,1-2H3,(H,19,20);1H. The maximum Gasteiger partial charge on any atom is 0.193 e. The molecule has 3 nitrogen and oxygen atoms in total. The van der Waals surface area contributed by atoms with E-state index in [1.165, 1.54) is 16.7 Å². The van der Waals surface area contributed by atoms with Crippen LogP contribution < -0.4 is 5.32 Å². The minimum atomic E-state index is 0. The molecule has 1 N–H and O–H groups in total. The second-order valence-electron chi connectivity index (χ2n) is 5.83. The SMILES string of the molecule is CN=C(NCC(C)c1ccsc1)N1CCc2ccccc2C1.I. The molecule has 0 amide bonds. The fourth-order valence-corrected chi connectivity index (χ4v) is 3.71. The maximum absolute atomic E-state index is 4.47. The van der Waals surface area contributed by atoms with Crippen LogP contribution in [0.3, 0.4) is 0 Å². The number of aliphatic imine (C=N–C) groups is 1. The molecule has 1 unspecified atom stereocenters. The van der Waals surface area contributed by atoms with E-state index in [1.807, 2.05) is 7.05 Å². The number of nitrogens with zero attached hydrogens (tertiary/aromatic N) is 2. The minimum Gasteiger partial charge on any atom is -0.356 e. The number of guanidine groups is 1. The number of halogens is 1. The molecule has 0 fully saturated rings. The van der Waals surface area contributed by atoms with Crippen LogP contribution in [0.15, 0.2) is 46.1 Å². The Morgan fingerprint density at radius 2 is 2.09 bits per heavy atom. The molecule has 2 aromatic rings. The first-order valence-corrected chi connectivity index (χ1v) is 8.76. The molecule has 0 spiro atoms. The number of thiophene rings is 1. The Morgan fingerprint density at radius 1 is 1.30 bits per heavy atom. The number of nitrogens with one attached hydrogen (secondary N) is 1. The summed E-state index contributed by atoms with van der Waals surface area (Å²) in [6.07, 6.45) is 1.09. The molecule has 0 saturated heterocycles. The summed E-state index contributed by atoms with van der Waals surface area (Å²) in [5.74, 6) is 1.51. The van der Waals surface area contributed by atoms with E-state index in [4.69, 9.17) is 0 Å². The van der Waals surface area contributed by atoms with Gasteiger partial charge < -0.3 is 10.2 Å². The van der Waals surface area contributed by atoms with Crippen molar-refractivity contribution in [3.05, 3.63) is 57.8 Å². The van der Waals surface area contributed by atoms with Crippen molar-refractivity contribution in [2.45, 2.75) is 25.8 Å². The summed E-state index contributed by atoms with van der Waals surface area (Å²) >= 11 is 1.76. The molecule has 0 aliphatic carbocycles. The number of hydrogen-bond acceptors (Lipinski definition) is 2. The van der Waals surface area contributed by atoms with Crippen molar-refractivity contribution in [1.29, 1.82) is 0 Å². The summed E-state index contributed by atoms with van der Waals surface area (Å²) < 4.78 is 0. The third kappa shape index (κ3) is 4.47. The molecule has 1 atom stereocenters. The van der Waals surface area contributed by atoms with E-state index in [1.54, 1.807) is 11.3 Å². The molecule has 0 saturated carbocycles. The first-order valence-electron chi connectivity index (χ1n) is 7.82. The van der Waals surface area contributed by atoms with Crippen molar-refractivity contribution in [2.75, 3.05) is 20.1 Å². The zero-order valence-corrected chi connectivity index (χ0v) is 16.8. The quantitative estimate of drug-likeness (QED) is 0.441. The Bertz CT molecular complexity index is 639. The van der Waals surface area contributed by atoms with Crippen LogP contribution in [0, 0.1) is 0 Å². The molecule has 5 heteroatoms. The third-order valence-electron chi connectivity index (χ3n) is 4.32. The van der Waals surface area contributed by atoms with Crippen LogP contribution >= 0.6 is 35.3 Å². The van der Waals surface area contributed by atoms with Crippen LogP contribution in [0.1, 0.15) is 29.5 Å². The van der Waals surface area contributed by atoms with Crippen LogP contribution in [0.2, 0.25) is 0 Å². The summed E-state index contributed by atoms with van der Waals surface area (Å²) in [7, 11) is 1.87. The lowest BCUT2D eigenvalue weighted by atomic mass is 10.0. The molecule has 0 bridgehead atoms. The summed E-state index contributed by atoms with van der Waals surface area (Å²) in [6, 6.07) is 10.9. The van der Waals surface area contributed by atoms with Gasteiger partial charge in [-0.2, -0.15) is 11.3 Å². The highest BCUT2D eigenvalue weighted by Crippen LogP contribution is 2.19. The molecular formula is C18H24IN3S. The summed E-state index contributed by atoms with van der Waals surface area (Å²) in [6.45, 7) is 5.15. The van der Waals surface area contributed by atoms with Crippen molar-refractivity contribution < 1.29 is 0 Å². The first-order chi connectivity index (χ1) is 10.8. The van der Waals surface area contributed by atoms with Gasteiger partial charge in [0.05, 0.1) is 0 Å². The zero-order chi connectivity index (χ0) is 15.4. The third-order valence-corrected chi connectivity index (χ3v) is 5.02. The molecule has 1 aliphatic heterocycles. The Morgan fingerprint density at radius 3 is 2.78 bits per heavy atom. The Balaban J connectivity index is 0.00000192. The predicted molar refractivity (Wildman–Crippen MR) is 110 cm³/mol. The largest absolute Gasteiger partial charge is 0.356 e. The van der Waals surface area contributed by atoms with Gasteiger partial charge in [0.2, 0.25) is 0 Å². The molecule has 1 aromatic heterocycles. The molecule has 2 heterocycles. The van der Waals surface area contributed by atoms with Crippen LogP contribution in [-0.4, -0.2) is 31.0 Å². The van der Waals surface area contributed by atoms with E-state index in [0.29, 0.717) is 5.92 Å². The van der Waals surface area contributed by atoms with Crippen LogP contribution in [0.5, 0.6) is 0 Å². The second-order valence-corrected chi connectivity index (χ2v) is 6.61. The average Bonchev–Trinajstić information content (AvgIpc) is 3.09. The van der Waals surface area contributed by atoms with Gasteiger partial charge in [0.25, 0.3) is 0 Å². The van der Waals surface area contributed by atoms with Gasteiger partial charge in [0.15, 0.2) is 5.96 Å². The van der Waals surface area contributed by atoms with Gasteiger partial charge in [-0.3, -0.25) is 4.99 Å². The Hall–Kier alpha value is -1.08. The van der Waals surface area contributed by atoms with Gasteiger partial charge in [0.1, 0.15) is 0 Å². The number of rotatable bonds is 3. The van der Waals surface area contributed by atoms with Crippen molar-refractivity contribution >= 4 is 41.3 Å². The topological polar surface area (TPSA) is 27.6 Å². The minimum absolute atomic E-state index is 0. The highest BCUT2D eigenvalue weighted by Gasteiger charge is 2.19. The Kier molecular flexibility index (Phi) is 6.89. The lowest BCUT2D eigenvalue weighted by Gasteiger charge is -2.32. The molecule has 0 radical (unpaired) electrons. The fraction of sp³-hybridized carbons (Fsp3) is 0.389. The van der Waals surface area contributed by atoms with Gasteiger partial charge in [-0.25, -0.2) is 0 Å². The van der Waals surface area contributed by atoms with Crippen molar-refractivity contribution in [3.63, 3.8) is 0 Å². The molecule has 3 rings (SSSR count). The van der Waals surface area contributed by atoms with Crippen LogP contribution in [0.4, 0.5) is 0 Å². The Labute approximate surface area is 159 Å². The van der Waals surface area contributed by atoms with Crippen LogP contribution in [-0.2, 0) is 13.0 Å². The van der Waals surface area contributed by atoms with E-state index in [0.717, 1.165) is 32.0 Å². The second kappa shape index (κ2) is 8.68. The van der Waals surface area contributed by atoms with Gasteiger partial charge >= 0.3 is 0 Å². The van der Waals surface area contributed by atoms with E-state index in [2.05, 4.69) is 63.2 Å². The zero-order valence-electron chi connectivity index (χ0n) is 13.7. The van der Waals surface area contributed by atoms with Crippen molar-refractivity contribution in [1.82, 2.24) is 10.2 Å².